The first-order valence-corrected chi connectivity index (χ1v) is 7.54. The van der Waals surface area contributed by atoms with Gasteiger partial charge in [-0.3, -0.25) is 4.79 Å². The normalized spacial score (nSPS) is 21.5. The molecule has 1 aliphatic rings. The number of carbonyl (C=O) groups is 2. The first-order chi connectivity index (χ1) is 11.1. The number of nitrogens with zero attached hydrogens (tertiary/aromatic N) is 1. The topological polar surface area (TPSA) is 69.6 Å². The summed E-state index contributed by atoms with van der Waals surface area (Å²) in [7, 11) is 0. The van der Waals surface area contributed by atoms with E-state index in [4.69, 9.17) is 5.11 Å². The number of nitrogens with one attached hydrogen (secondary N) is 1. The third kappa shape index (κ3) is 4.18. The summed E-state index contributed by atoms with van der Waals surface area (Å²) in [6.45, 7) is 3.84. The molecule has 2 amide bonds. The molecule has 1 aromatic rings. The van der Waals surface area contributed by atoms with Crippen LogP contribution < -0.4 is 5.32 Å². The fraction of sp³-hybridized carbons (Fsp3) is 0.500. The van der Waals surface area contributed by atoms with Crippen LogP contribution in [0.2, 0.25) is 0 Å². The van der Waals surface area contributed by atoms with E-state index in [1.54, 1.807) is 6.92 Å². The van der Waals surface area contributed by atoms with Crippen LogP contribution in [0.1, 0.15) is 24.5 Å². The molecule has 2 N–H and O–H groups in total. The molecule has 24 heavy (non-hydrogen) atoms. The van der Waals surface area contributed by atoms with Crippen molar-refractivity contribution in [3.63, 3.8) is 0 Å². The maximum absolute atomic E-state index is 12.8. The van der Waals surface area contributed by atoms with E-state index in [-0.39, 0.29) is 18.2 Å². The summed E-state index contributed by atoms with van der Waals surface area (Å²) < 4.78 is 38.4. The predicted octanol–water partition coefficient (Wildman–Crippen LogP) is 3.59. The summed E-state index contributed by atoms with van der Waals surface area (Å²) in [6, 6.07) is 2.54. The van der Waals surface area contributed by atoms with Gasteiger partial charge in [0.25, 0.3) is 0 Å². The Kier molecular flexibility index (Phi) is 5.05. The number of aryl methyl sites for hydroxylation is 1. The van der Waals surface area contributed by atoms with Crippen molar-refractivity contribution in [1.29, 1.82) is 0 Å². The summed E-state index contributed by atoms with van der Waals surface area (Å²) in [5.74, 6) is -1.63. The van der Waals surface area contributed by atoms with Gasteiger partial charge in [0.2, 0.25) is 0 Å². The number of rotatable bonds is 2. The molecule has 1 fully saturated rings. The number of aliphatic carboxylic acids is 1. The van der Waals surface area contributed by atoms with Crippen LogP contribution in [0.4, 0.5) is 23.7 Å². The van der Waals surface area contributed by atoms with E-state index in [2.05, 4.69) is 5.32 Å². The van der Waals surface area contributed by atoms with E-state index >= 15 is 0 Å². The van der Waals surface area contributed by atoms with Crippen molar-refractivity contribution in [2.45, 2.75) is 26.4 Å². The molecule has 1 aromatic carbocycles. The molecule has 132 valence electrons. The summed E-state index contributed by atoms with van der Waals surface area (Å²) in [5.41, 5.74) is -0.282. The fourth-order valence-corrected chi connectivity index (χ4v) is 2.82. The van der Waals surface area contributed by atoms with E-state index in [0.717, 1.165) is 12.1 Å². The molecule has 8 heteroatoms. The number of hydrogen-bond donors (Lipinski definition) is 2. The highest BCUT2D eigenvalue weighted by molar-refractivity contribution is 5.90. The third-order valence-electron chi connectivity index (χ3n) is 4.10. The van der Waals surface area contributed by atoms with Crippen LogP contribution in [0.15, 0.2) is 18.2 Å². The van der Waals surface area contributed by atoms with Gasteiger partial charge in [0.15, 0.2) is 0 Å². The lowest BCUT2D eigenvalue weighted by molar-refractivity contribution is -0.143. The number of carboxylic acids is 1. The monoisotopic (exact) mass is 344 g/mol. The molecule has 0 aromatic heterocycles. The third-order valence-corrected chi connectivity index (χ3v) is 4.10. The van der Waals surface area contributed by atoms with E-state index in [0.29, 0.717) is 18.5 Å². The second-order valence-electron chi connectivity index (χ2n) is 6.24. The van der Waals surface area contributed by atoms with Crippen molar-refractivity contribution in [3.8, 4) is 0 Å². The molecule has 2 unspecified atom stereocenters. The second-order valence-corrected chi connectivity index (χ2v) is 6.24. The smallest absolute Gasteiger partial charge is 0.416 e. The number of piperidine rings is 1. The molecule has 0 spiro atoms. The SMILES string of the molecule is Cc1ccc(C(F)(F)F)cc1NC(=O)N1CC(C)CC(C(=O)O)C1. The number of likely N-dealkylation sites (tertiary alicyclic amines) is 1. The van der Waals surface area contributed by atoms with Gasteiger partial charge in [-0.25, -0.2) is 4.79 Å². The number of carboxylic acid groups (broad SMARTS) is 1. The van der Waals surface area contributed by atoms with E-state index < -0.39 is 29.7 Å². The largest absolute Gasteiger partial charge is 0.481 e. The number of anilines is 1. The first-order valence-electron chi connectivity index (χ1n) is 7.54. The van der Waals surface area contributed by atoms with E-state index in [1.165, 1.54) is 11.0 Å². The van der Waals surface area contributed by atoms with E-state index in [1.807, 2.05) is 6.92 Å². The maximum atomic E-state index is 12.8. The van der Waals surface area contributed by atoms with Crippen molar-refractivity contribution < 1.29 is 27.9 Å². The summed E-state index contributed by atoms with van der Waals surface area (Å²) in [6.07, 6.45) is -4.02. The Balaban J connectivity index is 2.16. The highest BCUT2D eigenvalue weighted by Crippen LogP contribution is 2.32. The lowest BCUT2D eigenvalue weighted by Gasteiger charge is -2.34. The molecule has 2 atom stereocenters. The van der Waals surface area contributed by atoms with Gasteiger partial charge in [0.05, 0.1) is 11.5 Å². The van der Waals surface area contributed by atoms with Crippen LogP contribution >= 0.6 is 0 Å². The molecule has 1 aliphatic heterocycles. The van der Waals surface area contributed by atoms with Crippen LogP contribution in [0.25, 0.3) is 0 Å². The zero-order chi connectivity index (χ0) is 18.1. The lowest BCUT2D eigenvalue weighted by Crippen LogP contribution is -2.47. The second kappa shape index (κ2) is 6.70. The molecule has 0 bridgehead atoms. The van der Waals surface area contributed by atoms with Crippen LogP contribution in [0.5, 0.6) is 0 Å². The molecule has 0 aliphatic carbocycles. The Labute approximate surface area is 137 Å². The van der Waals surface area contributed by atoms with Crippen LogP contribution in [-0.2, 0) is 11.0 Å². The number of amides is 2. The molecule has 2 rings (SSSR count). The van der Waals surface area contributed by atoms with Crippen molar-refractivity contribution in [3.05, 3.63) is 29.3 Å². The molecule has 0 saturated carbocycles. The standard InChI is InChI=1S/C16H19F3N2O3/c1-9-5-11(14(22)23)8-21(7-9)15(24)20-13-6-12(16(17,18)19)4-3-10(13)2/h3-4,6,9,11H,5,7-8H2,1-2H3,(H,20,24)(H,22,23). The summed E-state index contributed by atoms with van der Waals surface area (Å²) in [4.78, 5) is 24.8. The van der Waals surface area contributed by atoms with E-state index in [9.17, 15) is 22.8 Å². The number of carbonyl (C=O) groups excluding carboxylic acids is 1. The first kappa shape index (κ1) is 18.1. The highest BCUT2D eigenvalue weighted by Gasteiger charge is 2.33. The highest BCUT2D eigenvalue weighted by atomic mass is 19.4. The predicted molar refractivity (Wildman–Crippen MR) is 81.7 cm³/mol. The Morgan fingerprint density at radius 1 is 1.29 bits per heavy atom. The zero-order valence-electron chi connectivity index (χ0n) is 13.4. The lowest BCUT2D eigenvalue weighted by atomic mass is 9.91. The van der Waals surface area contributed by atoms with Crippen molar-refractivity contribution in [2.75, 3.05) is 18.4 Å². The van der Waals surface area contributed by atoms with Gasteiger partial charge in [-0.1, -0.05) is 13.0 Å². The Hall–Kier alpha value is -2.25. The quantitative estimate of drug-likeness (QED) is 0.861. The van der Waals surface area contributed by atoms with Gasteiger partial charge in [-0.15, -0.1) is 0 Å². The van der Waals surface area contributed by atoms with Gasteiger partial charge in [0, 0.05) is 18.8 Å². The fourth-order valence-electron chi connectivity index (χ4n) is 2.82. The number of benzene rings is 1. The average Bonchev–Trinajstić information content (AvgIpc) is 2.47. The van der Waals surface area contributed by atoms with Gasteiger partial charge in [-0.05, 0) is 37.0 Å². The minimum absolute atomic E-state index is 0.00760. The molecular weight excluding hydrogens is 325 g/mol. The molecular formula is C16H19F3N2O3. The molecule has 1 saturated heterocycles. The zero-order valence-corrected chi connectivity index (χ0v) is 13.4. The Bertz CT molecular complexity index is 646. The minimum Gasteiger partial charge on any atom is -0.481 e. The molecule has 5 nitrogen and oxygen atoms in total. The number of halogens is 3. The van der Waals surface area contributed by atoms with Crippen LogP contribution in [-0.4, -0.2) is 35.1 Å². The number of alkyl halides is 3. The van der Waals surface area contributed by atoms with Crippen molar-refractivity contribution >= 4 is 17.7 Å². The number of hydrogen-bond acceptors (Lipinski definition) is 2. The van der Waals surface area contributed by atoms with Crippen LogP contribution in [0.3, 0.4) is 0 Å². The Morgan fingerprint density at radius 2 is 1.96 bits per heavy atom. The van der Waals surface area contributed by atoms with Gasteiger partial charge < -0.3 is 15.3 Å². The summed E-state index contributed by atoms with van der Waals surface area (Å²) >= 11 is 0. The summed E-state index contributed by atoms with van der Waals surface area (Å²) in [5, 5.41) is 11.6. The maximum Gasteiger partial charge on any atom is 0.416 e. The minimum atomic E-state index is -4.50. The molecule has 1 heterocycles. The molecule has 0 radical (unpaired) electrons. The van der Waals surface area contributed by atoms with Gasteiger partial charge in [0.1, 0.15) is 0 Å². The number of urea groups is 1. The average molecular weight is 344 g/mol. The Morgan fingerprint density at radius 3 is 2.54 bits per heavy atom. The van der Waals surface area contributed by atoms with Gasteiger partial charge >= 0.3 is 18.2 Å². The van der Waals surface area contributed by atoms with Crippen molar-refractivity contribution in [1.82, 2.24) is 4.90 Å². The van der Waals surface area contributed by atoms with Crippen LogP contribution in [0, 0.1) is 18.8 Å². The van der Waals surface area contributed by atoms with Gasteiger partial charge in [-0.2, -0.15) is 13.2 Å². The van der Waals surface area contributed by atoms with Crippen molar-refractivity contribution in [2.24, 2.45) is 11.8 Å².